The van der Waals surface area contributed by atoms with Gasteiger partial charge >= 0.3 is 0 Å². The van der Waals surface area contributed by atoms with Gasteiger partial charge in [-0.2, -0.15) is 9.40 Å². The summed E-state index contributed by atoms with van der Waals surface area (Å²) in [6.07, 6.45) is 5.36. The highest BCUT2D eigenvalue weighted by Crippen LogP contribution is 2.18. The van der Waals surface area contributed by atoms with Gasteiger partial charge in [0.2, 0.25) is 15.9 Å². The van der Waals surface area contributed by atoms with Crippen molar-refractivity contribution in [2.45, 2.75) is 24.7 Å². The minimum Gasteiger partial charge on any atom is -0.352 e. The van der Waals surface area contributed by atoms with E-state index in [1.54, 1.807) is 15.8 Å². The number of aromatic nitrogens is 2. The minimum absolute atomic E-state index is 0.0529. The molecule has 0 atom stereocenters. The molecule has 30 heavy (non-hydrogen) atoms. The molecule has 1 aromatic heterocycles. The van der Waals surface area contributed by atoms with Gasteiger partial charge in [0.25, 0.3) is 5.91 Å². The molecule has 1 aliphatic heterocycles. The van der Waals surface area contributed by atoms with Gasteiger partial charge in [-0.15, -0.1) is 0 Å². The van der Waals surface area contributed by atoms with Crippen LogP contribution in [0.4, 0.5) is 0 Å². The summed E-state index contributed by atoms with van der Waals surface area (Å²) >= 11 is 0. The van der Waals surface area contributed by atoms with Crippen LogP contribution < -0.4 is 5.32 Å². The van der Waals surface area contributed by atoms with Crippen LogP contribution in [0.15, 0.2) is 41.6 Å². The third-order valence-electron chi connectivity index (χ3n) is 5.12. The number of carbonyl (C=O) groups is 2. The van der Waals surface area contributed by atoms with Crippen LogP contribution in [0.25, 0.3) is 0 Å². The third-order valence-corrected chi connectivity index (χ3v) is 7.04. The molecule has 2 amide bonds. The fraction of sp³-hybridized carbons (Fsp3) is 0.450. The summed E-state index contributed by atoms with van der Waals surface area (Å²) in [7, 11) is -1.79. The fourth-order valence-corrected chi connectivity index (χ4v) is 4.79. The van der Waals surface area contributed by atoms with Gasteiger partial charge < -0.3 is 10.2 Å². The quantitative estimate of drug-likeness (QED) is 0.645. The second-order valence-corrected chi connectivity index (χ2v) is 9.25. The average molecular weight is 434 g/mol. The first-order valence-electron chi connectivity index (χ1n) is 9.89. The molecule has 0 aliphatic carbocycles. The lowest BCUT2D eigenvalue weighted by Gasteiger charge is -2.33. The number of hydrogen-bond acceptors (Lipinski definition) is 5. The van der Waals surface area contributed by atoms with Gasteiger partial charge in [0.05, 0.1) is 11.1 Å². The number of nitrogens with zero attached hydrogens (tertiary/aromatic N) is 4. The smallest absolute Gasteiger partial charge is 0.251 e. The van der Waals surface area contributed by atoms with Crippen LogP contribution in [0.5, 0.6) is 0 Å². The van der Waals surface area contributed by atoms with E-state index in [-0.39, 0.29) is 29.8 Å². The van der Waals surface area contributed by atoms with E-state index >= 15 is 0 Å². The Labute approximate surface area is 176 Å². The molecule has 0 saturated carbocycles. The molecule has 1 aliphatic rings. The molecule has 1 fully saturated rings. The number of hydrogen-bond donors (Lipinski definition) is 1. The number of amides is 2. The Morgan fingerprint density at radius 2 is 1.77 bits per heavy atom. The summed E-state index contributed by atoms with van der Waals surface area (Å²) in [5, 5.41) is 6.96. The molecule has 0 spiro atoms. The Bertz CT molecular complexity index is 992. The third kappa shape index (κ3) is 5.25. The molecule has 1 aromatic carbocycles. The van der Waals surface area contributed by atoms with Crippen molar-refractivity contribution in [2.24, 2.45) is 7.05 Å². The maximum Gasteiger partial charge on any atom is 0.251 e. The molecule has 162 valence electrons. The summed E-state index contributed by atoms with van der Waals surface area (Å²) in [6.45, 7) is 3.30. The van der Waals surface area contributed by atoms with Crippen LogP contribution in [-0.2, 0) is 28.3 Å². The first-order chi connectivity index (χ1) is 14.3. The highest BCUT2D eigenvalue weighted by Gasteiger charge is 2.29. The van der Waals surface area contributed by atoms with Crippen molar-refractivity contribution in [2.75, 3.05) is 32.7 Å². The zero-order valence-corrected chi connectivity index (χ0v) is 18.1. The average Bonchev–Trinajstić information content (AvgIpc) is 3.16. The molecular weight excluding hydrogens is 406 g/mol. The van der Waals surface area contributed by atoms with Crippen molar-refractivity contribution in [1.82, 2.24) is 24.3 Å². The van der Waals surface area contributed by atoms with E-state index in [0.29, 0.717) is 25.2 Å². The number of aryl methyl sites for hydroxylation is 2. The predicted molar refractivity (Wildman–Crippen MR) is 111 cm³/mol. The van der Waals surface area contributed by atoms with Crippen LogP contribution >= 0.6 is 0 Å². The van der Waals surface area contributed by atoms with E-state index in [9.17, 15) is 18.0 Å². The van der Waals surface area contributed by atoms with Gasteiger partial charge in [-0.05, 0) is 42.7 Å². The second kappa shape index (κ2) is 9.40. The van der Waals surface area contributed by atoms with Crippen molar-refractivity contribution in [3.63, 3.8) is 0 Å². The van der Waals surface area contributed by atoms with E-state index in [0.717, 1.165) is 18.4 Å². The molecule has 3 rings (SSSR count). The number of benzene rings is 1. The molecule has 2 aromatic rings. The van der Waals surface area contributed by atoms with Gasteiger partial charge in [-0.3, -0.25) is 14.3 Å². The summed E-state index contributed by atoms with van der Waals surface area (Å²) < 4.78 is 28.7. The molecule has 0 radical (unpaired) electrons. The Hall–Kier alpha value is -2.72. The van der Waals surface area contributed by atoms with Crippen LogP contribution in [0.1, 0.15) is 29.3 Å². The SMILES string of the molecule is CC(=O)N1CCN(S(=O)(=O)c2ccc(C(=O)NCCCc3cnn(C)c3)cc2)CC1. The van der Waals surface area contributed by atoms with Crippen LogP contribution in [0.3, 0.4) is 0 Å². The lowest BCUT2D eigenvalue weighted by atomic mass is 10.2. The largest absolute Gasteiger partial charge is 0.352 e. The topological polar surface area (TPSA) is 105 Å². The van der Waals surface area contributed by atoms with Crippen LogP contribution in [0, 0.1) is 0 Å². The van der Waals surface area contributed by atoms with Crippen LogP contribution in [0.2, 0.25) is 0 Å². The van der Waals surface area contributed by atoms with E-state index < -0.39 is 10.0 Å². The standard InChI is InChI=1S/C20H27N5O4S/c1-16(26)24-10-12-25(13-11-24)30(28,29)19-7-5-18(6-8-19)20(27)21-9-3-4-17-14-22-23(2)15-17/h5-8,14-15H,3-4,9-13H2,1-2H3,(H,21,27). The van der Waals surface area contributed by atoms with Crippen LogP contribution in [-0.4, -0.2) is 71.9 Å². The van der Waals surface area contributed by atoms with Crippen molar-refractivity contribution < 1.29 is 18.0 Å². The molecular formula is C20H27N5O4S. The van der Waals surface area contributed by atoms with E-state index in [1.807, 2.05) is 13.2 Å². The lowest BCUT2D eigenvalue weighted by molar-refractivity contribution is -0.129. The molecule has 10 heteroatoms. The van der Waals surface area contributed by atoms with Gasteiger partial charge in [0.15, 0.2) is 0 Å². The van der Waals surface area contributed by atoms with Gasteiger partial charge in [0, 0.05) is 58.5 Å². The fourth-order valence-electron chi connectivity index (χ4n) is 3.37. The molecule has 0 unspecified atom stereocenters. The monoisotopic (exact) mass is 433 g/mol. The summed E-state index contributed by atoms with van der Waals surface area (Å²) in [5.41, 5.74) is 1.53. The van der Waals surface area contributed by atoms with Gasteiger partial charge in [-0.25, -0.2) is 8.42 Å². The van der Waals surface area contributed by atoms with Crippen molar-refractivity contribution >= 4 is 21.8 Å². The van der Waals surface area contributed by atoms with E-state index in [2.05, 4.69) is 10.4 Å². The second-order valence-electron chi connectivity index (χ2n) is 7.32. The van der Waals surface area contributed by atoms with E-state index in [1.165, 1.54) is 35.5 Å². The molecule has 2 heterocycles. The number of piperazine rings is 1. The first-order valence-corrected chi connectivity index (χ1v) is 11.3. The Morgan fingerprint density at radius 3 is 2.33 bits per heavy atom. The number of nitrogens with one attached hydrogen (secondary N) is 1. The first kappa shape index (κ1) is 22.0. The highest BCUT2D eigenvalue weighted by atomic mass is 32.2. The molecule has 9 nitrogen and oxygen atoms in total. The zero-order valence-electron chi connectivity index (χ0n) is 17.2. The highest BCUT2D eigenvalue weighted by molar-refractivity contribution is 7.89. The van der Waals surface area contributed by atoms with Crippen molar-refractivity contribution in [3.8, 4) is 0 Å². The van der Waals surface area contributed by atoms with Gasteiger partial charge in [0.1, 0.15) is 0 Å². The Kier molecular flexibility index (Phi) is 6.88. The van der Waals surface area contributed by atoms with Gasteiger partial charge in [-0.1, -0.05) is 0 Å². The Balaban J connectivity index is 1.52. The lowest BCUT2D eigenvalue weighted by Crippen LogP contribution is -2.49. The number of sulfonamides is 1. The maximum atomic E-state index is 12.8. The summed E-state index contributed by atoms with van der Waals surface area (Å²) in [6, 6.07) is 5.96. The molecule has 0 bridgehead atoms. The Morgan fingerprint density at radius 1 is 1.10 bits per heavy atom. The summed E-state index contributed by atoms with van der Waals surface area (Å²) in [5.74, 6) is -0.289. The minimum atomic E-state index is -3.65. The molecule has 1 N–H and O–H groups in total. The normalized spacial score (nSPS) is 15.2. The number of rotatable bonds is 7. The summed E-state index contributed by atoms with van der Waals surface area (Å²) in [4.78, 5) is 25.5. The van der Waals surface area contributed by atoms with Crippen molar-refractivity contribution in [1.29, 1.82) is 0 Å². The zero-order chi connectivity index (χ0) is 21.7. The predicted octanol–water partition coefficient (Wildman–Crippen LogP) is 0.636. The number of carbonyl (C=O) groups excluding carboxylic acids is 2. The van der Waals surface area contributed by atoms with E-state index in [4.69, 9.17) is 0 Å². The molecule has 1 saturated heterocycles. The van der Waals surface area contributed by atoms with Crippen molar-refractivity contribution in [3.05, 3.63) is 47.8 Å². The maximum absolute atomic E-state index is 12.8.